The molecule has 1 aromatic heterocycles. The van der Waals surface area contributed by atoms with Gasteiger partial charge in [0.1, 0.15) is 11.7 Å². The zero-order valence-electron chi connectivity index (χ0n) is 17.6. The number of carboxylic acid groups (broad SMARTS) is 1. The molecule has 2 bridgehead atoms. The zero-order valence-corrected chi connectivity index (χ0v) is 17.6. The summed E-state index contributed by atoms with van der Waals surface area (Å²) in [6.07, 6.45) is 0.268. The minimum Gasteiger partial charge on any atom is -0.478 e. The number of aliphatic carboxylic acids is 1. The number of esters is 1. The quantitative estimate of drug-likeness (QED) is 0.695. The Bertz CT molecular complexity index is 1000. The van der Waals surface area contributed by atoms with E-state index in [9.17, 15) is 18.0 Å². The second kappa shape index (κ2) is 8.65. The lowest BCUT2D eigenvalue weighted by Crippen LogP contribution is -2.43. The first-order chi connectivity index (χ1) is 15.2. The van der Waals surface area contributed by atoms with Gasteiger partial charge in [-0.2, -0.15) is 13.2 Å². The maximum Gasteiger partial charge on any atom is 0.490 e. The third-order valence-corrected chi connectivity index (χ3v) is 6.46. The number of carbonyl (C=O) groups excluding carboxylic acids is 1. The molecule has 0 spiro atoms. The van der Waals surface area contributed by atoms with E-state index in [1.165, 1.54) is 12.8 Å². The molecule has 3 aliphatic rings. The highest BCUT2D eigenvalue weighted by molar-refractivity contribution is 6.07. The predicted molar refractivity (Wildman–Crippen MR) is 109 cm³/mol. The number of aryl methyl sites for hydroxylation is 1. The number of halogens is 3. The van der Waals surface area contributed by atoms with E-state index in [4.69, 9.17) is 19.4 Å². The standard InChI is InChI=1S/C20H24N2O3.C2HF3O2/c1-21-13-7-8-14(21)12-15(11-13)25-20(23)18-16-5-2-3-6-17(16)22-9-4-10-24-19(18)22;3-2(4,5)1(6)7/h2-3,5-6,13-15H,4,7-12H2,1H3;(H,6,7)/t13-,14+,15?;. The van der Waals surface area contributed by atoms with Crippen molar-refractivity contribution in [3.8, 4) is 5.88 Å². The Hall–Kier alpha value is -2.75. The third kappa shape index (κ3) is 4.28. The van der Waals surface area contributed by atoms with Crippen LogP contribution in [-0.4, -0.2) is 64.5 Å². The van der Waals surface area contributed by atoms with Gasteiger partial charge in [-0.05, 0) is 32.4 Å². The number of hydrogen-bond acceptors (Lipinski definition) is 5. The monoisotopic (exact) mass is 454 g/mol. The van der Waals surface area contributed by atoms with Crippen LogP contribution in [-0.2, 0) is 16.1 Å². The normalized spacial score (nSPS) is 24.8. The Morgan fingerprint density at radius 2 is 1.78 bits per heavy atom. The number of fused-ring (bicyclic) bond motifs is 5. The minimum absolute atomic E-state index is 0.0269. The molecular formula is C22H25F3N2O5. The van der Waals surface area contributed by atoms with Gasteiger partial charge in [0.2, 0.25) is 5.88 Å². The van der Waals surface area contributed by atoms with Gasteiger partial charge >= 0.3 is 18.1 Å². The van der Waals surface area contributed by atoms with Gasteiger partial charge in [-0.15, -0.1) is 0 Å². The summed E-state index contributed by atoms with van der Waals surface area (Å²) in [5.41, 5.74) is 1.68. The first-order valence-electron chi connectivity index (χ1n) is 10.6. The molecule has 3 atom stereocenters. The summed E-state index contributed by atoms with van der Waals surface area (Å²) in [6, 6.07) is 9.16. The average Bonchev–Trinajstić information content (AvgIpc) is 3.16. The topological polar surface area (TPSA) is 81.0 Å². The van der Waals surface area contributed by atoms with E-state index in [0.717, 1.165) is 36.7 Å². The van der Waals surface area contributed by atoms with E-state index < -0.39 is 12.1 Å². The number of ether oxygens (including phenoxy) is 2. The summed E-state index contributed by atoms with van der Waals surface area (Å²) in [5, 5.41) is 8.07. The van der Waals surface area contributed by atoms with Gasteiger partial charge in [0, 0.05) is 36.9 Å². The van der Waals surface area contributed by atoms with E-state index in [-0.39, 0.29) is 12.1 Å². The fourth-order valence-electron chi connectivity index (χ4n) is 4.91. The van der Waals surface area contributed by atoms with Crippen LogP contribution in [0.25, 0.3) is 10.9 Å². The molecule has 0 amide bonds. The number of carboxylic acids is 1. The van der Waals surface area contributed by atoms with Crippen LogP contribution in [0.15, 0.2) is 24.3 Å². The van der Waals surface area contributed by atoms with Crippen molar-refractivity contribution in [2.24, 2.45) is 0 Å². The van der Waals surface area contributed by atoms with Crippen LogP contribution in [0, 0.1) is 0 Å². The first-order valence-corrected chi connectivity index (χ1v) is 10.6. The van der Waals surface area contributed by atoms with Crippen LogP contribution in [0.2, 0.25) is 0 Å². The predicted octanol–water partition coefficient (Wildman–Crippen LogP) is 3.84. The highest BCUT2D eigenvalue weighted by Gasteiger charge is 2.41. The summed E-state index contributed by atoms with van der Waals surface area (Å²) in [6.45, 7) is 1.55. The summed E-state index contributed by atoms with van der Waals surface area (Å²) in [7, 11) is 2.20. The lowest BCUT2D eigenvalue weighted by molar-refractivity contribution is -0.192. The van der Waals surface area contributed by atoms with Crippen LogP contribution in [0.3, 0.4) is 0 Å². The minimum atomic E-state index is -5.08. The van der Waals surface area contributed by atoms with Crippen molar-refractivity contribution in [3.63, 3.8) is 0 Å². The maximum absolute atomic E-state index is 13.0. The summed E-state index contributed by atoms with van der Waals surface area (Å²) < 4.78 is 45.7. The number of rotatable bonds is 2. The highest BCUT2D eigenvalue weighted by Crippen LogP contribution is 2.38. The second-order valence-electron chi connectivity index (χ2n) is 8.40. The zero-order chi connectivity index (χ0) is 23.0. The fraction of sp³-hybridized carbons (Fsp3) is 0.545. The lowest BCUT2D eigenvalue weighted by Gasteiger charge is -2.35. The van der Waals surface area contributed by atoms with Gasteiger partial charge < -0.3 is 24.0 Å². The number of carbonyl (C=O) groups is 2. The Balaban J connectivity index is 0.000000307. The summed E-state index contributed by atoms with van der Waals surface area (Å²) >= 11 is 0. The molecule has 10 heteroatoms. The molecule has 0 radical (unpaired) electrons. The van der Waals surface area contributed by atoms with E-state index in [1.807, 2.05) is 18.2 Å². The Labute approximate surface area is 182 Å². The first kappa shape index (κ1) is 22.4. The molecule has 2 saturated heterocycles. The smallest absolute Gasteiger partial charge is 0.478 e. The summed E-state index contributed by atoms with van der Waals surface area (Å²) in [4.78, 5) is 24.4. The Morgan fingerprint density at radius 3 is 2.41 bits per heavy atom. The van der Waals surface area contributed by atoms with Crippen LogP contribution >= 0.6 is 0 Å². The molecule has 1 aromatic carbocycles. The molecule has 0 saturated carbocycles. The second-order valence-corrected chi connectivity index (χ2v) is 8.40. The van der Waals surface area contributed by atoms with E-state index >= 15 is 0 Å². The van der Waals surface area contributed by atoms with Crippen LogP contribution in [0.5, 0.6) is 5.88 Å². The number of nitrogens with zero attached hydrogens (tertiary/aromatic N) is 2. The molecule has 5 rings (SSSR count). The van der Waals surface area contributed by atoms with E-state index in [1.54, 1.807) is 0 Å². The molecule has 1 unspecified atom stereocenters. The third-order valence-electron chi connectivity index (χ3n) is 6.46. The Kier molecular flexibility index (Phi) is 6.07. The lowest BCUT2D eigenvalue weighted by atomic mass is 10.0. The number of hydrogen-bond donors (Lipinski definition) is 1. The molecule has 1 N–H and O–H groups in total. The van der Waals surface area contributed by atoms with Crippen LogP contribution in [0.4, 0.5) is 13.2 Å². The Morgan fingerprint density at radius 1 is 1.16 bits per heavy atom. The molecule has 2 fully saturated rings. The van der Waals surface area contributed by atoms with Gasteiger partial charge in [0.25, 0.3) is 0 Å². The van der Waals surface area contributed by atoms with E-state index in [0.29, 0.717) is 30.1 Å². The largest absolute Gasteiger partial charge is 0.490 e. The van der Waals surface area contributed by atoms with Crippen molar-refractivity contribution in [1.29, 1.82) is 0 Å². The van der Waals surface area contributed by atoms with Gasteiger partial charge in [-0.3, -0.25) is 0 Å². The SMILES string of the molecule is CN1[C@@H]2CC[C@H]1CC(OC(=O)c1c3n(c4ccccc14)CCCO3)C2.O=C(O)C(F)(F)F. The van der Waals surface area contributed by atoms with Gasteiger partial charge in [0.05, 0.1) is 12.1 Å². The number of aromatic nitrogens is 1. The van der Waals surface area contributed by atoms with Gasteiger partial charge in [-0.25, -0.2) is 9.59 Å². The summed E-state index contributed by atoms with van der Waals surface area (Å²) in [5.74, 6) is -2.29. The van der Waals surface area contributed by atoms with Crippen molar-refractivity contribution < 1.29 is 37.3 Å². The number of alkyl halides is 3. The van der Waals surface area contributed by atoms with Crippen molar-refractivity contribution in [2.45, 2.75) is 63.0 Å². The fourth-order valence-corrected chi connectivity index (χ4v) is 4.91. The number of para-hydroxylation sites is 1. The van der Waals surface area contributed by atoms with Gasteiger partial charge in [0.15, 0.2) is 0 Å². The van der Waals surface area contributed by atoms with Crippen molar-refractivity contribution >= 4 is 22.8 Å². The molecule has 2 aromatic rings. The van der Waals surface area contributed by atoms with E-state index in [2.05, 4.69) is 22.6 Å². The van der Waals surface area contributed by atoms with Gasteiger partial charge in [-0.1, -0.05) is 18.2 Å². The number of benzene rings is 1. The van der Waals surface area contributed by atoms with Crippen LogP contribution in [0.1, 0.15) is 42.5 Å². The molecule has 4 heterocycles. The molecule has 0 aliphatic carbocycles. The molecule has 174 valence electrons. The van der Waals surface area contributed by atoms with Crippen molar-refractivity contribution in [1.82, 2.24) is 9.47 Å². The molecular weight excluding hydrogens is 429 g/mol. The van der Waals surface area contributed by atoms with Crippen molar-refractivity contribution in [3.05, 3.63) is 29.8 Å². The van der Waals surface area contributed by atoms with Crippen molar-refractivity contribution in [2.75, 3.05) is 13.7 Å². The van der Waals surface area contributed by atoms with Crippen LogP contribution < -0.4 is 4.74 Å². The highest BCUT2D eigenvalue weighted by atomic mass is 19.4. The molecule has 32 heavy (non-hydrogen) atoms. The number of piperidine rings is 1. The maximum atomic E-state index is 13.0. The average molecular weight is 454 g/mol. The molecule has 3 aliphatic heterocycles. The molecule has 7 nitrogen and oxygen atoms in total.